The molecule has 1 saturated heterocycles. The smallest absolute Gasteiger partial charge is 0.664 e. The molecular weight excluding hydrogens is 605 g/mol. The molecule has 3 aromatic heterocycles. The molecular formula is C37H36MgN4O5-2. The Morgan fingerprint density at radius 3 is 2.34 bits per heavy atom. The van der Waals surface area contributed by atoms with E-state index in [-0.39, 0.29) is 53.5 Å². The summed E-state index contributed by atoms with van der Waals surface area (Å²) in [5.41, 5.74) is 8.62. The van der Waals surface area contributed by atoms with Crippen LogP contribution >= 0.6 is 0 Å². The van der Waals surface area contributed by atoms with Gasteiger partial charge in [-0.3, -0.25) is 14.4 Å². The van der Waals surface area contributed by atoms with Crippen molar-refractivity contribution < 1.29 is 24.2 Å². The average Bonchev–Trinajstić information content (AvgIpc) is 3.76. The Labute approximate surface area is 289 Å². The van der Waals surface area contributed by atoms with Crippen LogP contribution in [0.1, 0.15) is 87.6 Å². The molecule has 0 unspecified atom stereocenters. The first-order valence-corrected chi connectivity index (χ1v) is 15.5. The van der Waals surface area contributed by atoms with Crippen LogP contribution in [0, 0.1) is 38.5 Å². The van der Waals surface area contributed by atoms with E-state index in [0.717, 1.165) is 45.1 Å². The minimum Gasteiger partial charge on any atom is -0.664 e. The molecule has 9 nitrogen and oxygen atoms in total. The van der Waals surface area contributed by atoms with Crippen LogP contribution in [-0.4, -0.2) is 52.5 Å². The van der Waals surface area contributed by atoms with Crippen molar-refractivity contribution in [1.29, 1.82) is 0 Å². The average molecular weight is 641 g/mol. The summed E-state index contributed by atoms with van der Waals surface area (Å²) in [7, 11) is 0. The number of carboxylic acid groups (broad SMARTS) is 1. The molecule has 10 heteroatoms. The number of aliphatic carboxylic acids is 1. The number of allylic oxidation sites excluding steroid dienone is 2. The second-order valence-corrected chi connectivity index (χ2v) is 12.1. The monoisotopic (exact) mass is 640 g/mol. The number of carbonyl (C=O) groups is 3. The van der Waals surface area contributed by atoms with Crippen molar-refractivity contribution in [1.82, 2.24) is 15.0 Å². The van der Waals surface area contributed by atoms with E-state index in [1.807, 2.05) is 39.0 Å². The Bertz CT molecular complexity index is 2040. The van der Waals surface area contributed by atoms with E-state index >= 15 is 0 Å². The van der Waals surface area contributed by atoms with E-state index in [0.29, 0.717) is 46.0 Å². The molecule has 3 aromatic rings. The number of aromatic nitrogens is 3. The van der Waals surface area contributed by atoms with E-state index in [4.69, 9.17) is 25.0 Å². The Morgan fingerprint density at radius 2 is 1.68 bits per heavy atom. The maximum atomic E-state index is 13.9. The third-order valence-corrected chi connectivity index (χ3v) is 9.58. The predicted octanol–water partition coefficient (Wildman–Crippen LogP) is 4.08. The zero-order valence-electron chi connectivity index (χ0n) is 27.4. The first-order chi connectivity index (χ1) is 22.0. The quantitative estimate of drug-likeness (QED) is 0.168. The Hall–Kier alpha value is -4.28. The topological polar surface area (TPSA) is 137 Å². The van der Waals surface area contributed by atoms with Crippen LogP contribution in [0.3, 0.4) is 0 Å². The fourth-order valence-electron chi connectivity index (χ4n) is 7.04. The van der Waals surface area contributed by atoms with E-state index in [1.54, 1.807) is 13.0 Å². The van der Waals surface area contributed by atoms with Gasteiger partial charge in [0, 0.05) is 12.0 Å². The molecule has 1 fully saturated rings. The zero-order valence-corrected chi connectivity index (χ0v) is 28.9. The molecule has 238 valence electrons. The van der Waals surface area contributed by atoms with Crippen molar-refractivity contribution in [2.45, 2.75) is 53.9 Å². The van der Waals surface area contributed by atoms with Gasteiger partial charge in [0.25, 0.3) is 0 Å². The third-order valence-electron chi connectivity index (χ3n) is 9.58. The summed E-state index contributed by atoms with van der Waals surface area (Å²) in [5.74, 6) is -4.20. The molecule has 3 aliphatic rings. The van der Waals surface area contributed by atoms with E-state index in [1.165, 1.54) is 6.08 Å². The van der Waals surface area contributed by atoms with Crippen molar-refractivity contribution in [3.63, 3.8) is 0 Å². The molecule has 47 heavy (non-hydrogen) atoms. The van der Waals surface area contributed by atoms with Crippen LogP contribution in [0.4, 0.5) is 0 Å². The van der Waals surface area contributed by atoms with Crippen molar-refractivity contribution in [2.24, 2.45) is 17.8 Å². The number of hydrogen-bond acceptors (Lipinski definition) is 4. The number of ether oxygens (including phenoxy) is 1. The van der Waals surface area contributed by atoms with Crippen LogP contribution in [0.15, 0.2) is 30.6 Å². The van der Waals surface area contributed by atoms with Crippen molar-refractivity contribution in [2.75, 3.05) is 6.61 Å². The number of Topliss-reactive ketones (excluding diaryl/α,β-unsaturated/α-hetero) is 1. The second-order valence-electron chi connectivity index (χ2n) is 12.1. The number of rotatable bonds is 8. The maximum absolute atomic E-state index is 13.9. The fourth-order valence-corrected chi connectivity index (χ4v) is 7.04. The van der Waals surface area contributed by atoms with Gasteiger partial charge in [-0.2, -0.15) is 11.4 Å². The molecule has 1 aliphatic carbocycles. The SMILES string of the molecule is C=CCOC(=O)CC[C@@H]1/C2=C3/c4[n-]c(c(C)c4C(=O)[C@@H]3C(=O)O)/C=c3\[n-]/c(c(C)c3CC)=C\c3[n-]c(c(C)c3C=C)/C=C(\[N-]2)[C@H]1C.[Mg+2]. The summed E-state index contributed by atoms with van der Waals surface area (Å²) in [4.78, 5) is 54.0. The molecule has 3 atom stereocenters. The molecule has 6 rings (SSSR count). The van der Waals surface area contributed by atoms with Gasteiger partial charge in [0.05, 0.1) is 0 Å². The molecule has 0 spiro atoms. The number of fused-ring (bicyclic) bond motifs is 7. The summed E-state index contributed by atoms with van der Waals surface area (Å²) < 4.78 is 5.24. The number of nitrogens with zero attached hydrogens (tertiary/aromatic N) is 4. The standard InChI is InChI=1S/C37H38N4O5.Mg/c1-8-13-46-30(42)12-11-23-19(6)26-14-24-17(4)21(9-2)28(38-24)15-25-18(5)22(10-3)29(39-25)16-27-20(7)31-35(41-27)32(34(23)40-26)33(36(31)43)37(44)45;/h8-9,14-16,19,23,33H,1-2,10-13H2,3-7H3,(H3,40,41,43,44,45);/q-2;+2/p-2/b25-15-,26-14-,29-16-;/t19-,23-,33+;/m0./s1. The van der Waals surface area contributed by atoms with Crippen molar-refractivity contribution >= 4 is 70.7 Å². The largest absolute Gasteiger partial charge is 2.00 e. The number of ketones is 1. The molecule has 2 aliphatic heterocycles. The maximum Gasteiger partial charge on any atom is 2.00 e. The Kier molecular flexibility index (Phi) is 9.48. The van der Waals surface area contributed by atoms with Gasteiger partial charge < -0.3 is 30.1 Å². The van der Waals surface area contributed by atoms with Crippen LogP contribution < -0.4 is 25.7 Å². The van der Waals surface area contributed by atoms with Crippen molar-refractivity contribution in [3.05, 3.63) is 103 Å². The van der Waals surface area contributed by atoms with Crippen LogP contribution in [0.2, 0.25) is 0 Å². The van der Waals surface area contributed by atoms with E-state index in [9.17, 15) is 19.5 Å². The molecule has 0 radical (unpaired) electrons. The third kappa shape index (κ3) is 5.57. The summed E-state index contributed by atoms with van der Waals surface area (Å²) in [6.07, 6.45) is 10.2. The number of esters is 1. The van der Waals surface area contributed by atoms with Crippen LogP contribution in [0.25, 0.3) is 35.2 Å². The number of carbonyl (C=O) groups excluding carboxylic acids is 2. The molecule has 1 N–H and O–H groups in total. The normalized spacial score (nSPS) is 23.4. The van der Waals surface area contributed by atoms with Crippen molar-refractivity contribution in [3.8, 4) is 0 Å². The molecule has 5 heterocycles. The molecule has 0 aromatic carbocycles. The summed E-state index contributed by atoms with van der Waals surface area (Å²) in [6, 6.07) is 0. The van der Waals surface area contributed by atoms with Gasteiger partial charge in [0.15, 0.2) is 5.78 Å². The van der Waals surface area contributed by atoms with Gasteiger partial charge in [-0.15, -0.1) is 33.5 Å². The minimum absolute atomic E-state index is 0. The first-order valence-electron chi connectivity index (χ1n) is 15.5. The minimum atomic E-state index is -1.45. The summed E-state index contributed by atoms with van der Waals surface area (Å²) in [6.45, 7) is 17.6. The van der Waals surface area contributed by atoms with Gasteiger partial charge in [-0.05, 0) is 51.0 Å². The van der Waals surface area contributed by atoms with Gasteiger partial charge in [-0.25, -0.2) is 0 Å². The zero-order chi connectivity index (χ0) is 33.0. The summed E-state index contributed by atoms with van der Waals surface area (Å²) >= 11 is 0. The van der Waals surface area contributed by atoms with Gasteiger partial charge in [-0.1, -0.05) is 85.2 Å². The second kappa shape index (κ2) is 13.1. The molecule has 0 amide bonds. The molecule has 8 bridgehead atoms. The fraction of sp³-hybridized carbons (Fsp3) is 0.324. The van der Waals surface area contributed by atoms with Crippen LogP contribution in [0.5, 0.6) is 0 Å². The first kappa shape index (κ1) is 34.1. The van der Waals surface area contributed by atoms with Gasteiger partial charge in [0.2, 0.25) is 0 Å². The molecule has 0 saturated carbocycles. The van der Waals surface area contributed by atoms with Crippen LogP contribution in [-0.2, 0) is 20.7 Å². The van der Waals surface area contributed by atoms with Gasteiger partial charge >= 0.3 is 35.0 Å². The Balaban J connectivity index is 0.00000433. The van der Waals surface area contributed by atoms with E-state index in [2.05, 4.69) is 20.1 Å². The Morgan fingerprint density at radius 1 is 0.979 bits per heavy atom. The number of carboxylic acids is 1. The predicted molar refractivity (Wildman–Crippen MR) is 182 cm³/mol. The number of hydrogen-bond donors (Lipinski definition) is 1. The summed E-state index contributed by atoms with van der Waals surface area (Å²) in [5, 5.41) is 17.0. The van der Waals surface area contributed by atoms with E-state index < -0.39 is 23.6 Å². The van der Waals surface area contributed by atoms with Gasteiger partial charge in [0.1, 0.15) is 12.5 Å².